The third-order valence-electron chi connectivity index (χ3n) is 3.82. The topological polar surface area (TPSA) is 27.7 Å². The number of hydrogen-bond acceptors (Lipinski definition) is 3. The van der Waals surface area contributed by atoms with Crippen molar-refractivity contribution in [2.45, 2.75) is 96.9 Å². The molecule has 126 valence electrons. The van der Waals surface area contributed by atoms with E-state index in [1.54, 1.807) is 13.8 Å². The first kappa shape index (κ1) is 15.8. The Kier molecular flexibility index (Phi) is 8.59. The zero-order valence-corrected chi connectivity index (χ0v) is 14.3. The highest BCUT2D eigenvalue weighted by Crippen LogP contribution is 2.22. The van der Waals surface area contributed by atoms with Crippen LogP contribution < -0.4 is 0 Å². The maximum atomic E-state index is 7.97. The molecule has 3 heteroatoms. The summed E-state index contributed by atoms with van der Waals surface area (Å²) in [6.07, 6.45) is 12.0. The van der Waals surface area contributed by atoms with E-state index < -0.39 is 18.5 Å². The Bertz CT molecular complexity index is 309. The predicted octanol–water partition coefficient (Wildman–Crippen LogP) is 5.08. The van der Waals surface area contributed by atoms with E-state index in [4.69, 9.17) is 17.0 Å². The average molecular weight is 302 g/mol. The van der Waals surface area contributed by atoms with Crippen LogP contribution in [0.15, 0.2) is 0 Å². The molecule has 3 nitrogen and oxygen atoms in total. The zero-order valence-electron chi connectivity index (χ0n) is 16.3. The van der Waals surface area contributed by atoms with Crippen LogP contribution in [-0.2, 0) is 14.2 Å². The molecule has 0 spiro atoms. The van der Waals surface area contributed by atoms with Gasteiger partial charge in [0.2, 0.25) is 0 Å². The smallest absolute Gasteiger partial charge is 0.163 e. The van der Waals surface area contributed by atoms with Gasteiger partial charge in [-0.2, -0.15) is 0 Å². The molecule has 1 aliphatic heterocycles. The van der Waals surface area contributed by atoms with Crippen LogP contribution in [0.1, 0.15) is 87.7 Å². The van der Waals surface area contributed by atoms with Gasteiger partial charge in [-0.15, -0.1) is 0 Å². The van der Waals surface area contributed by atoms with Crippen molar-refractivity contribution in [1.82, 2.24) is 0 Å². The normalized spacial score (nSPS) is 23.1. The fourth-order valence-electron chi connectivity index (χ4n) is 2.56. The van der Waals surface area contributed by atoms with Gasteiger partial charge in [0.15, 0.2) is 5.79 Å². The highest BCUT2D eigenvalue weighted by Gasteiger charge is 2.32. The first-order valence-electron chi connectivity index (χ1n) is 9.83. The van der Waals surface area contributed by atoms with Crippen LogP contribution in [0.4, 0.5) is 0 Å². The lowest BCUT2D eigenvalue weighted by atomic mass is 10.1. The molecular formula is C18H36O3. The van der Waals surface area contributed by atoms with Gasteiger partial charge in [0, 0.05) is 6.61 Å². The van der Waals surface area contributed by atoms with E-state index >= 15 is 0 Å². The van der Waals surface area contributed by atoms with Crippen LogP contribution >= 0.6 is 0 Å². The Hall–Kier alpha value is -0.120. The standard InChI is InChI=1S/C18H36O3/c1-4-5-6-7-8-9-10-11-12-13-14-19-15-17-16-20-18(2,3)21-17/h17H,4-16H2,1-3H3/t17-/m1/s1/i15D2. The summed E-state index contributed by atoms with van der Waals surface area (Å²) in [5.41, 5.74) is 0. The minimum Gasteiger partial charge on any atom is -0.379 e. The van der Waals surface area contributed by atoms with E-state index in [0.29, 0.717) is 6.61 Å². The molecule has 1 fully saturated rings. The van der Waals surface area contributed by atoms with E-state index in [1.807, 2.05) is 0 Å². The van der Waals surface area contributed by atoms with Crippen LogP contribution in [0.3, 0.4) is 0 Å². The molecule has 0 amide bonds. The van der Waals surface area contributed by atoms with Crippen molar-refractivity contribution in [1.29, 1.82) is 0 Å². The number of unbranched alkanes of at least 4 members (excludes halogenated alkanes) is 9. The molecule has 0 aromatic rings. The molecule has 0 aliphatic carbocycles. The molecule has 0 unspecified atom stereocenters. The molecule has 0 aromatic carbocycles. The molecular weight excluding hydrogens is 264 g/mol. The molecule has 1 saturated heterocycles. The van der Waals surface area contributed by atoms with Crippen molar-refractivity contribution in [3.05, 3.63) is 0 Å². The second-order valence-corrected chi connectivity index (χ2v) is 6.47. The Morgan fingerprint density at radius 2 is 1.57 bits per heavy atom. The van der Waals surface area contributed by atoms with Gasteiger partial charge in [0.1, 0.15) is 6.10 Å². The van der Waals surface area contributed by atoms with Crippen LogP contribution in [0.5, 0.6) is 0 Å². The highest BCUT2D eigenvalue weighted by atomic mass is 16.7. The molecule has 21 heavy (non-hydrogen) atoms. The van der Waals surface area contributed by atoms with E-state index in [2.05, 4.69) is 6.92 Å². The Balaban J connectivity index is 1.96. The van der Waals surface area contributed by atoms with Crippen molar-refractivity contribution in [2.24, 2.45) is 0 Å². The fraction of sp³-hybridized carbons (Fsp3) is 1.00. The Morgan fingerprint density at radius 3 is 2.10 bits per heavy atom. The van der Waals surface area contributed by atoms with Gasteiger partial charge in [0.05, 0.1) is 15.9 Å². The predicted molar refractivity (Wildman–Crippen MR) is 87.6 cm³/mol. The van der Waals surface area contributed by atoms with Crippen molar-refractivity contribution in [3.8, 4) is 0 Å². The summed E-state index contributed by atoms with van der Waals surface area (Å²) in [5, 5.41) is 0. The second kappa shape index (κ2) is 11.4. The minimum atomic E-state index is -1.77. The van der Waals surface area contributed by atoms with Gasteiger partial charge < -0.3 is 14.2 Å². The van der Waals surface area contributed by atoms with E-state index in [0.717, 1.165) is 12.8 Å². The molecule has 1 rings (SSSR count). The Morgan fingerprint density at radius 1 is 1.00 bits per heavy atom. The quantitative estimate of drug-likeness (QED) is 0.444. The molecule has 0 aromatic heterocycles. The minimum absolute atomic E-state index is 0.248. The van der Waals surface area contributed by atoms with Crippen molar-refractivity contribution >= 4 is 0 Å². The maximum Gasteiger partial charge on any atom is 0.163 e. The van der Waals surface area contributed by atoms with Gasteiger partial charge in [-0.05, 0) is 20.3 Å². The summed E-state index contributed by atoms with van der Waals surface area (Å²) >= 11 is 0. The van der Waals surface area contributed by atoms with Gasteiger partial charge in [-0.1, -0.05) is 64.7 Å². The molecule has 0 bridgehead atoms. The van der Waals surface area contributed by atoms with Gasteiger partial charge in [-0.25, -0.2) is 0 Å². The number of ether oxygens (including phenoxy) is 3. The molecule has 1 aliphatic rings. The lowest BCUT2D eigenvalue weighted by molar-refractivity contribution is -0.145. The molecule has 0 saturated carbocycles. The molecule has 1 heterocycles. The summed E-state index contributed by atoms with van der Waals surface area (Å²) in [4.78, 5) is 0. The SMILES string of the molecule is [2H]C([2H])(OCCCCCCCCCCCC)[C@@H]1COC(C)(C)O1. The molecule has 1 atom stereocenters. The number of hydrogen-bond donors (Lipinski definition) is 0. The van der Waals surface area contributed by atoms with Crippen molar-refractivity contribution in [3.63, 3.8) is 0 Å². The van der Waals surface area contributed by atoms with E-state index in [-0.39, 0.29) is 6.61 Å². The maximum absolute atomic E-state index is 7.97. The lowest BCUT2D eigenvalue weighted by Crippen LogP contribution is -2.24. The first-order chi connectivity index (χ1) is 10.9. The summed E-state index contributed by atoms with van der Waals surface area (Å²) in [5.74, 6) is -0.710. The second-order valence-electron chi connectivity index (χ2n) is 6.47. The van der Waals surface area contributed by atoms with Crippen LogP contribution in [0, 0.1) is 0 Å². The van der Waals surface area contributed by atoms with Gasteiger partial charge in [0.25, 0.3) is 0 Å². The largest absolute Gasteiger partial charge is 0.379 e. The Labute approximate surface area is 134 Å². The van der Waals surface area contributed by atoms with Gasteiger partial charge in [-0.3, -0.25) is 0 Å². The fourth-order valence-corrected chi connectivity index (χ4v) is 2.56. The van der Waals surface area contributed by atoms with Gasteiger partial charge >= 0.3 is 0 Å². The molecule has 0 N–H and O–H groups in total. The summed E-state index contributed by atoms with van der Waals surface area (Å²) in [7, 11) is 0. The third-order valence-corrected chi connectivity index (χ3v) is 3.82. The summed E-state index contributed by atoms with van der Waals surface area (Å²) < 4.78 is 32.3. The van der Waals surface area contributed by atoms with Crippen molar-refractivity contribution in [2.75, 3.05) is 19.8 Å². The first-order valence-corrected chi connectivity index (χ1v) is 8.83. The molecule has 0 radical (unpaired) electrons. The van der Waals surface area contributed by atoms with Crippen molar-refractivity contribution < 1.29 is 17.0 Å². The lowest BCUT2D eigenvalue weighted by Gasteiger charge is -2.17. The van der Waals surface area contributed by atoms with Crippen LogP contribution in [0.2, 0.25) is 0 Å². The van der Waals surface area contributed by atoms with E-state index in [1.165, 1.54) is 51.4 Å². The highest BCUT2D eigenvalue weighted by molar-refractivity contribution is 4.70. The number of rotatable bonds is 13. The summed E-state index contributed by atoms with van der Waals surface area (Å²) in [6, 6.07) is 0. The monoisotopic (exact) mass is 302 g/mol. The van der Waals surface area contributed by atoms with Crippen LogP contribution in [0.25, 0.3) is 0 Å². The average Bonchev–Trinajstić information content (AvgIpc) is 2.86. The zero-order chi connectivity index (χ0) is 17.2. The third kappa shape index (κ3) is 10.3. The van der Waals surface area contributed by atoms with Crippen LogP contribution in [-0.4, -0.2) is 31.7 Å². The van der Waals surface area contributed by atoms with E-state index in [9.17, 15) is 0 Å². The summed E-state index contributed by atoms with van der Waals surface area (Å²) in [6.45, 7) is 4.77.